The van der Waals surface area contributed by atoms with Gasteiger partial charge in [-0.25, -0.2) is 4.79 Å². The van der Waals surface area contributed by atoms with Crippen molar-refractivity contribution >= 4 is 34.5 Å². The van der Waals surface area contributed by atoms with Crippen molar-refractivity contribution < 1.29 is 0 Å². The third-order valence-electron chi connectivity index (χ3n) is 4.06. The molecule has 2 aromatic rings. The summed E-state index contributed by atoms with van der Waals surface area (Å²) >= 11 is 5.43. The third-order valence-corrected chi connectivity index (χ3v) is 4.44. The van der Waals surface area contributed by atoms with Crippen LogP contribution >= 0.6 is 12.2 Å². The van der Waals surface area contributed by atoms with E-state index >= 15 is 0 Å². The van der Waals surface area contributed by atoms with Gasteiger partial charge in [-0.05, 0) is 55.7 Å². The number of anilines is 3. The zero-order valence-corrected chi connectivity index (χ0v) is 16.4. The molecule has 0 bridgehead atoms. The van der Waals surface area contributed by atoms with Gasteiger partial charge in [-0.15, -0.1) is 0 Å². The second-order valence-electron chi connectivity index (χ2n) is 6.36. The van der Waals surface area contributed by atoms with Crippen molar-refractivity contribution in [3.05, 3.63) is 50.2 Å². The van der Waals surface area contributed by atoms with Gasteiger partial charge in [0.05, 0.1) is 0 Å². The van der Waals surface area contributed by atoms with Gasteiger partial charge in [0.15, 0.2) is 5.11 Å². The molecule has 1 aromatic carbocycles. The highest BCUT2D eigenvalue weighted by atomic mass is 32.1. The maximum Gasteiger partial charge on any atom is 0.330 e. The lowest BCUT2D eigenvalue weighted by molar-refractivity contribution is 0.605. The van der Waals surface area contributed by atoms with E-state index in [1.807, 2.05) is 32.9 Å². The van der Waals surface area contributed by atoms with Crippen molar-refractivity contribution in [2.45, 2.75) is 40.2 Å². The van der Waals surface area contributed by atoms with Gasteiger partial charge in [-0.2, -0.15) is 0 Å². The Bertz CT molecular complexity index is 912. The smallest absolute Gasteiger partial charge is 0.330 e. The lowest BCUT2D eigenvalue weighted by atomic mass is 10.1. The van der Waals surface area contributed by atoms with Crippen LogP contribution in [0.15, 0.2) is 27.8 Å². The van der Waals surface area contributed by atoms with E-state index in [1.54, 1.807) is 7.05 Å². The second kappa shape index (κ2) is 8.18. The largest absolute Gasteiger partial charge is 0.383 e. The number of H-pyrrole nitrogens is 1. The number of nitrogens with one attached hydrogen (secondary N) is 2. The van der Waals surface area contributed by atoms with Crippen LogP contribution in [0.1, 0.15) is 30.9 Å². The van der Waals surface area contributed by atoms with E-state index in [-0.39, 0.29) is 11.5 Å². The lowest BCUT2D eigenvalue weighted by Crippen LogP contribution is -2.40. The predicted octanol–water partition coefficient (Wildman–Crippen LogP) is 2.37. The van der Waals surface area contributed by atoms with E-state index in [0.29, 0.717) is 11.7 Å². The van der Waals surface area contributed by atoms with Crippen LogP contribution < -0.4 is 27.2 Å². The molecule has 7 nitrogen and oxygen atoms in total. The summed E-state index contributed by atoms with van der Waals surface area (Å²) in [5.74, 6) is 0.110. The van der Waals surface area contributed by atoms with Crippen LogP contribution in [-0.2, 0) is 6.54 Å². The van der Waals surface area contributed by atoms with E-state index in [4.69, 9.17) is 18.0 Å². The van der Waals surface area contributed by atoms with Crippen molar-refractivity contribution in [3.8, 4) is 0 Å². The zero-order chi connectivity index (χ0) is 19.4. The van der Waals surface area contributed by atoms with E-state index in [9.17, 15) is 9.59 Å². The lowest BCUT2D eigenvalue weighted by Gasteiger charge is -2.23. The van der Waals surface area contributed by atoms with Crippen molar-refractivity contribution in [2.75, 3.05) is 23.0 Å². The summed E-state index contributed by atoms with van der Waals surface area (Å²) in [4.78, 5) is 28.2. The molecule has 140 valence electrons. The SMILES string of the molecule is CCCCn1c(N)c(N(C)C(=S)Nc2cc(C)cc(C)c2)c(=O)[nH]c1=O. The van der Waals surface area contributed by atoms with Crippen molar-refractivity contribution in [1.29, 1.82) is 0 Å². The summed E-state index contributed by atoms with van der Waals surface area (Å²) in [6.45, 7) is 6.45. The summed E-state index contributed by atoms with van der Waals surface area (Å²) < 4.78 is 1.37. The van der Waals surface area contributed by atoms with Crippen LogP contribution in [-0.4, -0.2) is 21.7 Å². The Morgan fingerprint density at radius 3 is 2.46 bits per heavy atom. The van der Waals surface area contributed by atoms with Gasteiger partial charge in [0.1, 0.15) is 11.5 Å². The number of hydrogen-bond donors (Lipinski definition) is 3. The fourth-order valence-electron chi connectivity index (χ4n) is 2.80. The monoisotopic (exact) mass is 375 g/mol. The highest BCUT2D eigenvalue weighted by Crippen LogP contribution is 2.19. The first-order chi connectivity index (χ1) is 12.2. The quantitative estimate of drug-likeness (QED) is 0.695. The Morgan fingerprint density at radius 1 is 1.27 bits per heavy atom. The molecule has 0 radical (unpaired) electrons. The van der Waals surface area contributed by atoms with Gasteiger partial charge in [0.25, 0.3) is 5.56 Å². The van der Waals surface area contributed by atoms with Gasteiger partial charge in [0.2, 0.25) is 0 Å². The standard InChI is InChI=1S/C18H25N5O2S/c1-5-6-7-23-15(19)14(16(24)21-17(23)25)22(4)18(26)20-13-9-11(2)8-12(3)10-13/h8-10H,5-7,19H2,1-4H3,(H,20,26)(H,21,24,25). The third kappa shape index (κ3) is 4.32. The Kier molecular flexibility index (Phi) is 6.20. The highest BCUT2D eigenvalue weighted by molar-refractivity contribution is 7.80. The molecule has 0 aliphatic carbocycles. The first-order valence-corrected chi connectivity index (χ1v) is 8.91. The molecule has 0 aliphatic rings. The Morgan fingerprint density at radius 2 is 1.88 bits per heavy atom. The summed E-state index contributed by atoms with van der Waals surface area (Å²) in [5.41, 5.74) is 8.23. The number of hydrogen-bond acceptors (Lipinski definition) is 4. The second-order valence-corrected chi connectivity index (χ2v) is 6.75. The summed E-state index contributed by atoms with van der Waals surface area (Å²) in [5, 5.41) is 3.43. The summed E-state index contributed by atoms with van der Waals surface area (Å²) in [6, 6.07) is 5.98. The Labute approximate surface area is 157 Å². The van der Waals surface area contributed by atoms with Gasteiger partial charge in [0, 0.05) is 19.3 Å². The van der Waals surface area contributed by atoms with Crippen LogP contribution in [0.5, 0.6) is 0 Å². The number of benzene rings is 1. The van der Waals surface area contributed by atoms with Crippen LogP contribution in [0.2, 0.25) is 0 Å². The van der Waals surface area contributed by atoms with Gasteiger partial charge in [-0.3, -0.25) is 14.3 Å². The molecule has 8 heteroatoms. The molecular formula is C18H25N5O2S. The molecule has 0 unspecified atom stereocenters. The molecule has 0 spiro atoms. The Balaban J connectivity index is 2.36. The fourth-order valence-corrected chi connectivity index (χ4v) is 3.00. The molecule has 4 N–H and O–H groups in total. The molecular weight excluding hydrogens is 350 g/mol. The van der Waals surface area contributed by atoms with Crippen LogP contribution in [0.3, 0.4) is 0 Å². The van der Waals surface area contributed by atoms with Crippen LogP contribution in [0.4, 0.5) is 17.2 Å². The van der Waals surface area contributed by atoms with Crippen molar-refractivity contribution in [3.63, 3.8) is 0 Å². The summed E-state index contributed by atoms with van der Waals surface area (Å²) in [6.07, 6.45) is 1.69. The molecule has 0 atom stereocenters. The van der Waals surface area contributed by atoms with E-state index in [1.165, 1.54) is 9.47 Å². The minimum Gasteiger partial charge on any atom is -0.383 e. The molecule has 1 aromatic heterocycles. The Hall–Kier alpha value is -2.61. The molecule has 0 fully saturated rings. The number of aromatic nitrogens is 2. The molecule has 26 heavy (non-hydrogen) atoms. The number of unbranched alkanes of at least 4 members (excludes halogenated alkanes) is 1. The predicted molar refractivity (Wildman–Crippen MR) is 111 cm³/mol. The molecule has 2 rings (SSSR count). The number of nitrogens with zero attached hydrogens (tertiary/aromatic N) is 2. The van der Waals surface area contributed by atoms with Crippen LogP contribution in [0.25, 0.3) is 0 Å². The number of aryl methyl sites for hydroxylation is 2. The van der Waals surface area contributed by atoms with Crippen molar-refractivity contribution in [2.24, 2.45) is 0 Å². The molecule has 0 amide bonds. The number of nitrogens with two attached hydrogens (primary N) is 1. The molecule has 0 aliphatic heterocycles. The highest BCUT2D eigenvalue weighted by Gasteiger charge is 2.19. The first-order valence-electron chi connectivity index (χ1n) is 8.50. The number of thiocarbonyl (C=S) groups is 1. The van der Waals surface area contributed by atoms with Crippen molar-refractivity contribution in [1.82, 2.24) is 9.55 Å². The number of nitrogen functional groups attached to an aromatic ring is 1. The minimum atomic E-state index is -0.563. The topological polar surface area (TPSA) is 96.2 Å². The molecule has 0 saturated carbocycles. The average Bonchev–Trinajstić information content (AvgIpc) is 2.53. The minimum absolute atomic E-state index is 0.110. The van der Waals surface area contributed by atoms with Crippen LogP contribution in [0, 0.1) is 13.8 Å². The number of aromatic amines is 1. The summed E-state index contributed by atoms with van der Waals surface area (Å²) in [7, 11) is 1.65. The van der Waals surface area contributed by atoms with E-state index in [2.05, 4.69) is 16.4 Å². The molecule has 0 saturated heterocycles. The normalized spacial score (nSPS) is 10.6. The maximum absolute atomic E-state index is 12.3. The average molecular weight is 375 g/mol. The maximum atomic E-state index is 12.3. The van der Waals surface area contributed by atoms with E-state index < -0.39 is 11.2 Å². The van der Waals surface area contributed by atoms with E-state index in [0.717, 1.165) is 29.7 Å². The number of rotatable bonds is 5. The zero-order valence-electron chi connectivity index (χ0n) is 15.5. The first kappa shape index (κ1) is 19.7. The van der Waals surface area contributed by atoms with Gasteiger partial charge >= 0.3 is 5.69 Å². The van der Waals surface area contributed by atoms with Gasteiger partial charge < -0.3 is 16.0 Å². The fraction of sp³-hybridized carbons (Fsp3) is 0.389. The van der Waals surface area contributed by atoms with Gasteiger partial charge in [-0.1, -0.05) is 19.4 Å². The molecule has 1 heterocycles.